The van der Waals surface area contributed by atoms with Gasteiger partial charge in [-0.2, -0.15) is 5.10 Å². The Hall–Kier alpha value is -4.00. The molecule has 0 unspecified atom stereocenters. The van der Waals surface area contributed by atoms with Crippen LogP contribution in [0.4, 0.5) is 0 Å². The number of carbonyl (C=O) groups excluding carboxylic acids is 2. The number of pyridine rings is 1. The Bertz CT molecular complexity index is 976. The number of amides is 2. The molecule has 0 aliphatic heterocycles. The molecule has 0 saturated carbocycles. The van der Waals surface area contributed by atoms with Crippen molar-refractivity contribution in [2.24, 2.45) is 5.10 Å². The van der Waals surface area contributed by atoms with E-state index in [9.17, 15) is 9.59 Å². The van der Waals surface area contributed by atoms with Gasteiger partial charge in [0.1, 0.15) is 12.4 Å². The number of para-hydroxylation sites is 1. The third-order valence-electron chi connectivity index (χ3n) is 3.89. The first-order chi connectivity index (χ1) is 14.2. The quantitative estimate of drug-likeness (QED) is 0.369. The summed E-state index contributed by atoms with van der Waals surface area (Å²) in [4.78, 5) is 27.8. The number of nitrogens with zero attached hydrogens (tertiary/aromatic N) is 2. The fourth-order valence-corrected chi connectivity index (χ4v) is 2.42. The molecule has 1 aromatic heterocycles. The molecule has 0 spiro atoms. The van der Waals surface area contributed by atoms with Crippen LogP contribution in [0.3, 0.4) is 0 Å². The Morgan fingerprint density at radius 1 is 0.931 bits per heavy atom. The topological polar surface area (TPSA) is 92.7 Å². The molecule has 2 aromatic carbocycles. The number of rotatable bonds is 7. The van der Waals surface area contributed by atoms with Gasteiger partial charge in [0, 0.05) is 11.8 Å². The van der Waals surface area contributed by atoms with Crippen LogP contribution in [0, 0.1) is 0 Å². The Kier molecular flexibility index (Phi) is 7.06. The molecule has 7 nitrogen and oxygen atoms in total. The zero-order valence-electron chi connectivity index (χ0n) is 15.6. The molecular weight excluding hydrogens is 368 g/mol. The third kappa shape index (κ3) is 6.28. The van der Waals surface area contributed by atoms with Crippen molar-refractivity contribution < 1.29 is 14.3 Å². The highest BCUT2D eigenvalue weighted by Gasteiger charge is 2.12. The molecule has 0 radical (unpaired) electrons. The summed E-state index contributed by atoms with van der Waals surface area (Å²) >= 11 is 0. The molecule has 0 saturated heterocycles. The van der Waals surface area contributed by atoms with Crippen LogP contribution in [-0.2, 0) is 22.7 Å². The summed E-state index contributed by atoms with van der Waals surface area (Å²) in [7, 11) is 0. The van der Waals surface area contributed by atoms with Crippen molar-refractivity contribution in [1.82, 2.24) is 15.7 Å². The smallest absolute Gasteiger partial charge is 0.329 e. The molecule has 7 heteroatoms. The highest BCUT2D eigenvalue weighted by molar-refractivity contribution is 6.35. The zero-order chi connectivity index (χ0) is 20.3. The Balaban J connectivity index is 1.51. The summed E-state index contributed by atoms with van der Waals surface area (Å²) in [5.41, 5.74) is 4.58. The summed E-state index contributed by atoms with van der Waals surface area (Å²) < 4.78 is 5.83. The standard InChI is InChI=1S/C22H20N4O3/c27-21(24-15-19-11-6-7-13-23-19)22(28)26-25-14-18-10-4-5-12-20(18)29-16-17-8-2-1-3-9-17/h1-14H,15-16H2,(H,24,27)(H,26,28)/b25-14+. The second-order valence-corrected chi connectivity index (χ2v) is 6.01. The van der Waals surface area contributed by atoms with E-state index in [1.54, 1.807) is 30.5 Å². The van der Waals surface area contributed by atoms with Gasteiger partial charge in [-0.05, 0) is 29.8 Å². The first kappa shape index (κ1) is 19.8. The van der Waals surface area contributed by atoms with Gasteiger partial charge in [0.2, 0.25) is 0 Å². The third-order valence-corrected chi connectivity index (χ3v) is 3.89. The largest absolute Gasteiger partial charge is 0.488 e. The summed E-state index contributed by atoms with van der Waals surface area (Å²) in [6, 6.07) is 22.4. The fraction of sp³-hybridized carbons (Fsp3) is 0.0909. The Morgan fingerprint density at radius 2 is 1.69 bits per heavy atom. The molecule has 0 bridgehead atoms. The number of benzene rings is 2. The minimum Gasteiger partial charge on any atom is -0.488 e. The van der Waals surface area contributed by atoms with Gasteiger partial charge >= 0.3 is 11.8 Å². The number of nitrogens with one attached hydrogen (secondary N) is 2. The van der Waals surface area contributed by atoms with Crippen molar-refractivity contribution in [3.63, 3.8) is 0 Å². The Labute approximate surface area is 168 Å². The average molecular weight is 388 g/mol. The van der Waals surface area contributed by atoms with E-state index in [1.165, 1.54) is 6.21 Å². The number of hydrogen-bond donors (Lipinski definition) is 2. The molecule has 29 heavy (non-hydrogen) atoms. The van der Waals surface area contributed by atoms with Crippen molar-refractivity contribution in [2.75, 3.05) is 0 Å². The lowest BCUT2D eigenvalue weighted by molar-refractivity contribution is -0.139. The molecule has 0 aliphatic rings. The van der Waals surface area contributed by atoms with E-state index < -0.39 is 11.8 Å². The summed E-state index contributed by atoms with van der Waals surface area (Å²) in [6.07, 6.45) is 3.05. The van der Waals surface area contributed by atoms with Crippen LogP contribution in [0.5, 0.6) is 5.75 Å². The maximum absolute atomic E-state index is 11.9. The minimum absolute atomic E-state index is 0.160. The number of hydrazone groups is 1. The number of aromatic nitrogens is 1. The van der Waals surface area contributed by atoms with E-state index in [2.05, 4.69) is 20.8 Å². The van der Waals surface area contributed by atoms with Crippen LogP contribution in [0.2, 0.25) is 0 Å². The van der Waals surface area contributed by atoms with E-state index >= 15 is 0 Å². The number of carbonyl (C=O) groups is 2. The monoisotopic (exact) mass is 388 g/mol. The molecule has 2 N–H and O–H groups in total. The predicted octanol–water partition coefficient (Wildman–Crippen LogP) is 2.43. The van der Waals surface area contributed by atoms with E-state index in [0.29, 0.717) is 23.6 Å². The van der Waals surface area contributed by atoms with Gasteiger partial charge in [0.15, 0.2) is 0 Å². The van der Waals surface area contributed by atoms with Gasteiger partial charge in [-0.1, -0.05) is 48.5 Å². The van der Waals surface area contributed by atoms with Gasteiger partial charge < -0.3 is 10.1 Å². The molecule has 0 aliphatic carbocycles. The van der Waals surface area contributed by atoms with Gasteiger partial charge in [-0.25, -0.2) is 5.43 Å². The highest BCUT2D eigenvalue weighted by Crippen LogP contribution is 2.17. The lowest BCUT2D eigenvalue weighted by Crippen LogP contribution is -2.37. The van der Waals surface area contributed by atoms with Crippen LogP contribution >= 0.6 is 0 Å². The van der Waals surface area contributed by atoms with Crippen LogP contribution in [0.15, 0.2) is 84.1 Å². The molecule has 0 atom stereocenters. The first-order valence-corrected chi connectivity index (χ1v) is 8.99. The SMILES string of the molecule is O=C(NCc1ccccn1)C(=O)N/N=C/c1ccccc1OCc1ccccc1. The minimum atomic E-state index is -0.861. The summed E-state index contributed by atoms with van der Waals surface area (Å²) in [6.45, 7) is 0.570. The summed E-state index contributed by atoms with van der Waals surface area (Å²) in [5, 5.41) is 6.34. The fourth-order valence-electron chi connectivity index (χ4n) is 2.42. The molecule has 0 fully saturated rings. The lowest BCUT2D eigenvalue weighted by atomic mass is 10.2. The van der Waals surface area contributed by atoms with Gasteiger partial charge in [0.05, 0.1) is 18.5 Å². The number of ether oxygens (including phenoxy) is 1. The van der Waals surface area contributed by atoms with Crippen LogP contribution < -0.4 is 15.5 Å². The van der Waals surface area contributed by atoms with Crippen molar-refractivity contribution in [1.29, 1.82) is 0 Å². The van der Waals surface area contributed by atoms with Crippen LogP contribution in [0.1, 0.15) is 16.8 Å². The lowest BCUT2D eigenvalue weighted by Gasteiger charge is -2.09. The van der Waals surface area contributed by atoms with Gasteiger partial charge in [-0.15, -0.1) is 0 Å². The van der Waals surface area contributed by atoms with E-state index in [1.807, 2.05) is 48.5 Å². The molecule has 3 aromatic rings. The van der Waals surface area contributed by atoms with Crippen LogP contribution in [0.25, 0.3) is 0 Å². The maximum atomic E-state index is 11.9. The highest BCUT2D eigenvalue weighted by atomic mass is 16.5. The number of hydrogen-bond acceptors (Lipinski definition) is 5. The summed E-state index contributed by atoms with van der Waals surface area (Å²) in [5.74, 6) is -1.03. The van der Waals surface area contributed by atoms with Crippen molar-refractivity contribution in [2.45, 2.75) is 13.2 Å². The molecule has 146 valence electrons. The van der Waals surface area contributed by atoms with Gasteiger partial charge in [0.25, 0.3) is 0 Å². The van der Waals surface area contributed by atoms with E-state index in [-0.39, 0.29) is 6.54 Å². The zero-order valence-corrected chi connectivity index (χ0v) is 15.6. The van der Waals surface area contributed by atoms with Crippen LogP contribution in [-0.4, -0.2) is 23.0 Å². The molecular formula is C22H20N4O3. The first-order valence-electron chi connectivity index (χ1n) is 8.99. The predicted molar refractivity (Wildman–Crippen MR) is 109 cm³/mol. The molecule has 3 rings (SSSR count). The van der Waals surface area contributed by atoms with E-state index in [0.717, 1.165) is 5.56 Å². The average Bonchev–Trinajstić information content (AvgIpc) is 2.78. The molecule has 1 heterocycles. The molecule has 2 amide bonds. The van der Waals surface area contributed by atoms with Crippen molar-refractivity contribution >= 4 is 18.0 Å². The maximum Gasteiger partial charge on any atom is 0.329 e. The second-order valence-electron chi connectivity index (χ2n) is 6.01. The van der Waals surface area contributed by atoms with Crippen molar-refractivity contribution in [3.05, 3.63) is 95.8 Å². The second kappa shape index (κ2) is 10.4. The van der Waals surface area contributed by atoms with E-state index in [4.69, 9.17) is 4.74 Å². The normalized spacial score (nSPS) is 10.5. The van der Waals surface area contributed by atoms with Crippen molar-refractivity contribution in [3.8, 4) is 5.75 Å². The Morgan fingerprint density at radius 3 is 2.48 bits per heavy atom. The van der Waals surface area contributed by atoms with Gasteiger partial charge in [-0.3, -0.25) is 14.6 Å².